The molecule has 0 bridgehead atoms. The van der Waals surface area contributed by atoms with E-state index in [0.717, 1.165) is 19.4 Å². The fourth-order valence-electron chi connectivity index (χ4n) is 2.81. The molecule has 1 N–H and O–H groups in total. The molecule has 1 aromatic rings. The van der Waals surface area contributed by atoms with Gasteiger partial charge in [0.05, 0.1) is 17.1 Å². The summed E-state index contributed by atoms with van der Waals surface area (Å²) >= 11 is 0. The third kappa shape index (κ3) is 5.98. The summed E-state index contributed by atoms with van der Waals surface area (Å²) in [4.78, 5) is 21.9. The standard InChI is InChI=1S/C17H24N2O4/c20-17(14-8-10-16(11-9-14)19(21)22)23-13-5-4-12-18-15-6-2-1-3-7-15/h8-11,15,18H,1-7,12-13H2. The van der Waals surface area contributed by atoms with Crippen LogP contribution in [0.2, 0.25) is 0 Å². The number of benzene rings is 1. The van der Waals surface area contributed by atoms with Gasteiger partial charge in [-0.15, -0.1) is 0 Å². The summed E-state index contributed by atoms with van der Waals surface area (Å²) < 4.78 is 5.18. The Hall–Kier alpha value is -1.95. The topological polar surface area (TPSA) is 81.5 Å². The molecular formula is C17H24N2O4. The van der Waals surface area contributed by atoms with Crippen molar-refractivity contribution in [2.75, 3.05) is 13.2 Å². The molecule has 1 aromatic carbocycles. The van der Waals surface area contributed by atoms with E-state index < -0.39 is 10.9 Å². The van der Waals surface area contributed by atoms with Gasteiger partial charge < -0.3 is 10.1 Å². The van der Waals surface area contributed by atoms with Gasteiger partial charge in [0.2, 0.25) is 0 Å². The maximum atomic E-state index is 11.8. The number of nitro benzene ring substituents is 1. The van der Waals surface area contributed by atoms with Crippen molar-refractivity contribution in [2.24, 2.45) is 0 Å². The average Bonchev–Trinajstić information content (AvgIpc) is 2.58. The van der Waals surface area contributed by atoms with Crippen LogP contribution in [0.5, 0.6) is 0 Å². The number of esters is 1. The van der Waals surface area contributed by atoms with Gasteiger partial charge in [-0.1, -0.05) is 19.3 Å². The van der Waals surface area contributed by atoms with E-state index in [1.54, 1.807) is 0 Å². The van der Waals surface area contributed by atoms with Crippen LogP contribution in [-0.4, -0.2) is 30.1 Å². The lowest BCUT2D eigenvalue weighted by Crippen LogP contribution is -2.31. The van der Waals surface area contributed by atoms with Crippen LogP contribution in [0.25, 0.3) is 0 Å². The molecule has 0 aliphatic heterocycles. The Morgan fingerprint density at radius 3 is 2.52 bits per heavy atom. The number of hydrogen-bond acceptors (Lipinski definition) is 5. The van der Waals surface area contributed by atoms with Crippen LogP contribution in [0.15, 0.2) is 24.3 Å². The Kier molecular flexibility index (Phi) is 7.00. The third-order valence-electron chi connectivity index (χ3n) is 4.16. The van der Waals surface area contributed by atoms with Crippen molar-refractivity contribution < 1.29 is 14.5 Å². The second kappa shape index (κ2) is 9.25. The maximum absolute atomic E-state index is 11.8. The maximum Gasteiger partial charge on any atom is 0.338 e. The molecule has 6 heteroatoms. The van der Waals surface area contributed by atoms with Crippen molar-refractivity contribution in [1.82, 2.24) is 5.32 Å². The van der Waals surface area contributed by atoms with Gasteiger partial charge in [-0.3, -0.25) is 10.1 Å². The highest BCUT2D eigenvalue weighted by Gasteiger charge is 2.12. The van der Waals surface area contributed by atoms with Crippen LogP contribution in [0.3, 0.4) is 0 Å². The monoisotopic (exact) mass is 320 g/mol. The summed E-state index contributed by atoms with van der Waals surface area (Å²) in [5.41, 5.74) is 0.311. The van der Waals surface area contributed by atoms with Crippen LogP contribution in [0.4, 0.5) is 5.69 Å². The zero-order valence-corrected chi connectivity index (χ0v) is 13.3. The quantitative estimate of drug-likeness (QED) is 0.343. The molecule has 1 fully saturated rings. The first-order valence-electron chi connectivity index (χ1n) is 8.32. The Labute approximate surface area is 136 Å². The second-order valence-corrected chi connectivity index (χ2v) is 5.94. The lowest BCUT2D eigenvalue weighted by atomic mass is 9.95. The summed E-state index contributed by atoms with van der Waals surface area (Å²) in [5, 5.41) is 14.1. The van der Waals surface area contributed by atoms with Gasteiger partial charge in [-0.25, -0.2) is 4.79 Å². The summed E-state index contributed by atoms with van der Waals surface area (Å²) in [5.74, 6) is -0.430. The number of nitrogens with zero attached hydrogens (tertiary/aromatic N) is 1. The molecule has 6 nitrogen and oxygen atoms in total. The van der Waals surface area contributed by atoms with Gasteiger partial charge in [0.15, 0.2) is 0 Å². The van der Waals surface area contributed by atoms with Crippen molar-refractivity contribution >= 4 is 11.7 Å². The minimum absolute atomic E-state index is 0.0321. The molecule has 0 spiro atoms. The number of unbranched alkanes of at least 4 members (excludes halogenated alkanes) is 1. The predicted molar refractivity (Wildman–Crippen MR) is 87.5 cm³/mol. The molecule has 2 rings (SSSR count). The summed E-state index contributed by atoms with van der Waals surface area (Å²) in [6.07, 6.45) is 8.35. The molecule has 0 radical (unpaired) electrons. The van der Waals surface area contributed by atoms with Crippen LogP contribution in [-0.2, 0) is 4.74 Å². The fourth-order valence-corrected chi connectivity index (χ4v) is 2.81. The average molecular weight is 320 g/mol. The Morgan fingerprint density at radius 1 is 1.17 bits per heavy atom. The molecule has 1 aliphatic rings. The molecule has 1 aliphatic carbocycles. The highest BCUT2D eigenvalue weighted by molar-refractivity contribution is 5.89. The lowest BCUT2D eigenvalue weighted by Gasteiger charge is -2.22. The SMILES string of the molecule is O=C(OCCCCNC1CCCCC1)c1ccc([N+](=O)[O-])cc1. The molecule has 0 amide bonds. The zero-order chi connectivity index (χ0) is 16.5. The highest BCUT2D eigenvalue weighted by Crippen LogP contribution is 2.17. The van der Waals surface area contributed by atoms with E-state index in [1.165, 1.54) is 56.4 Å². The zero-order valence-electron chi connectivity index (χ0n) is 13.3. The van der Waals surface area contributed by atoms with Gasteiger partial charge in [0, 0.05) is 18.2 Å². The summed E-state index contributed by atoms with van der Waals surface area (Å²) in [6.45, 7) is 1.34. The first kappa shape index (κ1) is 17.4. The van der Waals surface area contributed by atoms with Gasteiger partial charge in [0.25, 0.3) is 5.69 Å². The van der Waals surface area contributed by atoms with Crippen LogP contribution in [0.1, 0.15) is 55.3 Å². The molecule has 0 unspecified atom stereocenters. The number of carbonyl (C=O) groups is 1. The van der Waals surface area contributed by atoms with Crippen molar-refractivity contribution in [3.8, 4) is 0 Å². The second-order valence-electron chi connectivity index (χ2n) is 5.94. The number of nitrogens with one attached hydrogen (secondary N) is 1. The smallest absolute Gasteiger partial charge is 0.338 e. The number of rotatable bonds is 8. The molecule has 0 aromatic heterocycles. The summed E-state index contributed by atoms with van der Waals surface area (Å²) in [7, 11) is 0. The number of hydrogen-bond donors (Lipinski definition) is 1. The van der Waals surface area contributed by atoms with Crippen LogP contribution >= 0.6 is 0 Å². The molecule has 0 atom stereocenters. The minimum Gasteiger partial charge on any atom is -0.462 e. The number of nitro groups is 1. The van der Waals surface area contributed by atoms with Crippen molar-refractivity contribution in [3.05, 3.63) is 39.9 Å². The molecule has 126 valence electrons. The third-order valence-corrected chi connectivity index (χ3v) is 4.16. The van der Waals surface area contributed by atoms with Crippen molar-refractivity contribution in [1.29, 1.82) is 0 Å². The summed E-state index contributed by atoms with van der Waals surface area (Å²) in [6, 6.07) is 6.12. The van der Waals surface area contributed by atoms with Crippen molar-refractivity contribution in [2.45, 2.75) is 51.0 Å². The van der Waals surface area contributed by atoms with Gasteiger partial charge >= 0.3 is 5.97 Å². The van der Waals surface area contributed by atoms with E-state index in [2.05, 4.69) is 5.32 Å². The molecule has 23 heavy (non-hydrogen) atoms. The van der Waals surface area contributed by atoms with E-state index in [9.17, 15) is 14.9 Å². The van der Waals surface area contributed by atoms with E-state index in [1.807, 2.05) is 0 Å². The first-order chi connectivity index (χ1) is 11.2. The Bertz CT molecular complexity index is 510. The number of carbonyl (C=O) groups excluding carboxylic acids is 1. The Balaban J connectivity index is 1.58. The van der Waals surface area contributed by atoms with Gasteiger partial charge in [0.1, 0.15) is 0 Å². The van der Waals surface area contributed by atoms with Gasteiger partial charge in [-0.2, -0.15) is 0 Å². The van der Waals surface area contributed by atoms with E-state index in [0.29, 0.717) is 18.2 Å². The predicted octanol–water partition coefficient (Wildman–Crippen LogP) is 3.45. The van der Waals surface area contributed by atoms with E-state index >= 15 is 0 Å². The molecule has 0 saturated heterocycles. The molecule has 0 heterocycles. The molecule has 1 saturated carbocycles. The Morgan fingerprint density at radius 2 is 1.87 bits per heavy atom. The lowest BCUT2D eigenvalue weighted by molar-refractivity contribution is -0.384. The molecular weight excluding hydrogens is 296 g/mol. The van der Waals surface area contributed by atoms with Crippen LogP contribution in [0, 0.1) is 10.1 Å². The van der Waals surface area contributed by atoms with E-state index in [-0.39, 0.29) is 5.69 Å². The largest absolute Gasteiger partial charge is 0.462 e. The van der Waals surface area contributed by atoms with Crippen LogP contribution < -0.4 is 5.32 Å². The highest BCUT2D eigenvalue weighted by atomic mass is 16.6. The fraction of sp³-hybridized carbons (Fsp3) is 0.588. The normalized spacial score (nSPS) is 15.3. The number of non-ortho nitro benzene ring substituents is 1. The van der Waals surface area contributed by atoms with Gasteiger partial charge in [-0.05, 0) is 44.4 Å². The minimum atomic E-state index is -0.492. The first-order valence-corrected chi connectivity index (χ1v) is 8.32. The number of ether oxygens (including phenoxy) is 1. The van der Waals surface area contributed by atoms with E-state index in [4.69, 9.17) is 4.74 Å². The van der Waals surface area contributed by atoms with Crippen molar-refractivity contribution in [3.63, 3.8) is 0 Å².